The van der Waals surface area contributed by atoms with Crippen molar-refractivity contribution in [3.63, 3.8) is 0 Å². The second-order valence-corrected chi connectivity index (χ2v) is 5.75. The summed E-state index contributed by atoms with van der Waals surface area (Å²) in [6.45, 7) is 0. The van der Waals surface area contributed by atoms with Crippen molar-refractivity contribution >= 4 is 27.1 Å². The summed E-state index contributed by atoms with van der Waals surface area (Å²) in [5, 5.41) is 11.2. The third kappa shape index (κ3) is 5.18. The fraction of sp³-hybridized carbons (Fsp3) is 0. The Morgan fingerprint density at radius 3 is 2.41 bits per heavy atom. The number of hydrogen-bond acceptors (Lipinski definition) is 7. The molecule has 0 fully saturated rings. The van der Waals surface area contributed by atoms with E-state index in [9.17, 15) is 23.3 Å². The van der Waals surface area contributed by atoms with E-state index in [0.717, 1.165) is 6.07 Å². The summed E-state index contributed by atoms with van der Waals surface area (Å²) < 4.78 is 40.6. The molecule has 0 aliphatic heterocycles. The Hall–Kier alpha value is -1.24. The molecule has 128 valence electrons. The zero-order valence-electron chi connectivity index (χ0n) is 14.1. The fourth-order valence-corrected chi connectivity index (χ4v) is 2.54. The van der Waals surface area contributed by atoms with Gasteiger partial charge in [0.25, 0.3) is 0 Å². The minimum absolute atomic E-state index is 0. The van der Waals surface area contributed by atoms with Crippen LogP contribution >= 0.6 is 0 Å². The Morgan fingerprint density at radius 1 is 1.15 bits per heavy atom. The molecule has 3 rings (SSSR count). The maximum atomic E-state index is 12.7. The maximum absolute atomic E-state index is 12.7. The van der Waals surface area contributed by atoms with Crippen LogP contribution < -0.4 is 68.7 Å². The Morgan fingerprint density at radius 2 is 1.78 bits per heavy atom. The van der Waals surface area contributed by atoms with Gasteiger partial charge in [-0.15, -0.1) is 6.07 Å². The zero-order valence-corrected chi connectivity index (χ0v) is 18.9. The summed E-state index contributed by atoms with van der Waals surface area (Å²) in [5.41, 5.74) is -2.12. The molecule has 3 aromatic rings. The van der Waals surface area contributed by atoms with Gasteiger partial charge >= 0.3 is 75.5 Å². The molecule has 0 saturated carbocycles. The first-order valence-corrected chi connectivity index (χ1v) is 7.93. The monoisotopic (exact) mass is 407 g/mol. The van der Waals surface area contributed by atoms with Gasteiger partial charge in [0.2, 0.25) is 0 Å². The van der Waals surface area contributed by atoms with Crippen molar-refractivity contribution in [3.05, 3.63) is 68.9 Å². The molecular formula is C15H7NNa2O8S. The largest absolute Gasteiger partial charge is 1.00 e. The third-order valence-electron chi connectivity index (χ3n) is 3.19. The maximum Gasteiger partial charge on any atom is 1.00 e. The van der Waals surface area contributed by atoms with E-state index in [1.165, 1.54) is 30.3 Å². The van der Waals surface area contributed by atoms with E-state index in [1.807, 2.05) is 0 Å². The molecule has 0 aliphatic carbocycles. The van der Waals surface area contributed by atoms with Crippen molar-refractivity contribution in [2.45, 2.75) is 0 Å². The molecule has 12 heteroatoms. The summed E-state index contributed by atoms with van der Waals surface area (Å²) in [4.78, 5) is 23.2. The molecule has 27 heavy (non-hydrogen) atoms. The molecule has 1 aromatic heterocycles. The van der Waals surface area contributed by atoms with Gasteiger partial charge in [0, 0.05) is 10.5 Å². The van der Waals surface area contributed by atoms with E-state index < -0.39 is 37.9 Å². The van der Waals surface area contributed by atoms with E-state index in [1.54, 1.807) is 0 Å². The van der Waals surface area contributed by atoms with Crippen LogP contribution in [0.15, 0.2) is 45.6 Å². The number of fused-ring (bicyclic) bond motifs is 1. The van der Waals surface area contributed by atoms with Crippen molar-refractivity contribution in [2.75, 3.05) is 0 Å². The molecule has 0 saturated heterocycles. The van der Waals surface area contributed by atoms with Gasteiger partial charge in [0.15, 0.2) is 11.1 Å². The van der Waals surface area contributed by atoms with Crippen molar-refractivity contribution in [2.24, 2.45) is 0 Å². The van der Waals surface area contributed by atoms with Gasteiger partial charge in [0.05, 0.1) is 5.56 Å². The molecule has 0 spiro atoms. The molecule has 0 aliphatic rings. The van der Waals surface area contributed by atoms with Crippen LogP contribution in [0.4, 0.5) is 5.69 Å². The quantitative estimate of drug-likeness (QED) is 0.153. The van der Waals surface area contributed by atoms with Crippen molar-refractivity contribution in [1.29, 1.82) is 0 Å². The van der Waals surface area contributed by atoms with Gasteiger partial charge in [0.1, 0.15) is 0 Å². The van der Waals surface area contributed by atoms with Crippen LogP contribution in [0.2, 0.25) is 0 Å². The molecule has 1 heterocycles. The normalized spacial score (nSPS) is 10.6. The molecule has 0 unspecified atom stereocenters. The van der Waals surface area contributed by atoms with Gasteiger partial charge in [-0.3, -0.25) is 19.5 Å². The molecule has 0 bridgehead atoms. The Labute approximate surface area is 197 Å². The van der Waals surface area contributed by atoms with Crippen molar-refractivity contribution < 1.29 is 85.6 Å². The molecule has 2 aromatic carbocycles. The number of nitro benzene ring substituents is 1. The predicted octanol–water partition coefficient (Wildman–Crippen LogP) is -3.84. The average Bonchev–Trinajstić information content (AvgIpc) is 2.54. The van der Waals surface area contributed by atoms with Gasteiger partial charge in [-0.1, -0.05) is 6.07 Å². The van der Waals surface area contributed by atoms with Gasteiger partial charge in [-0.05, 0) is 10.9 Å². The molecular weight excluding hydrogens is 400 g/mol. The van der Waals surface area contributed by atoms with Crippen LogP contribution in [-0.2, 0) is 10.4 Å². The van der Waals surface area contributed by atoms with Crippen LogP contribution in [0.1, 0.15) is 0 Å². The summed E-state index contributed by atoms with van der Waals surface area (Å²) in [5.74, 6) is -0.895. The van der Waals surface area contributed by atoms with E-state index >= 15 is 0 Å². The standard InChI is InChI=1S/C15H7NO8S.2Na/c17-14-10-6-2-4-8-12(10)23-15(24-25(20,21)22)13(14)9-5-1-3-7-11(9)16(18)19;;/h1-2,5-8H,(H,20,21,22);;/q-2;2*+1. The first-order chi connectivity index (χ1) is 11.8. The van der Waals surface area contributed by atoms with Crippen LogP contribution in [0.3, 0.4) is 0 Å². The molecule has 1 N–H and O–H groups in total. The van der Waals surface area contributed by atoms with Crippen LogP contribution in [0, 0.1) is 22.2 Å². The number of nitro groups is 1. The molecule has 0 atom stereocenters. The minimum atomic E-state index is -5.05. The number of rotatable bonds is 4. The van der Waals surface area contributed by atoms with Gasteiger partial charge in [-0.25, -0.2) is 0 Å². The summed E-state index contributed by atoms with van der Waals surface area (Å²) in [6.07, 6.45) is 0. The number of hydrogen-bond donors (Lipinski definition) is 1. The SMILES string of the molecule is O=c1c(-c2cc[c-]cc2[N+](=O)[O-])c(OS(=O)(=O)O)oc2c[c-]ccc12.[Na+].[Na+]. The second kappa shape index (κ2) is 9.30. The number of benzene rings is 2. The molecule has 9 nitrogen and oxygen atoms in total. The summed E-state index contributed by atoms with van der Waals surface area (Å²) >= 11 is 0. The minimum Gasteiger partial charge on any atom is -0.488 e. The van der Waals surface area contributed by atoms with Gasteiger partial charge < -0.3 is 8.60 Å². The van der Waals surface area contributed by atoms with E-state index in [2.05, 4.69) is 16.3 Å². The predicted molar refractivity (Wildman–Crippen MR) is 84.4 cm³/mol. The van der Waals surface area contributed by atoms with E-state index in [0.29, 0.717) is 0 Å². The summed E-state index contributed by atoms with van der Waals surface area (Å²) in [7, 11) is -5.05. The van der Waals surface area contributed by atoms with Crippen LogP contribution in [0.25, 0.3) is 22.1 Å². The third-order valence-corrected chi connectivity index (χ3v) is 3.56. The van der Waals surface area contributed by atoms with Crippen molar-refractivity contribution in [3.8, 4) is 17.1 Å². The molecule has 0 amide bonds. The first-order valence-electron chi connectivity index (χ1n) is 6.56. The first kappa shape index (κ1) is 23.8. The molecule has 0 radical (unpaired) electrons. The van der Waals surface area contributed by atoms with Gasteiger partial charge in [-0.2, -0.15) is 44.8 Å². The summed E-state index contributed by atoms with van der Waals surface area (Å²) in [6, 6.07) is 12.6. The van der Waals surface area contributed by atoms with E-state index in [4.69, 9.17) is 8.97 Å². The second-order valence-electron chi connectivity index (χ2n) is 4.73. The van der Waals surface area contributed by atoms with Crippen molar-refractivity contribution in [1.82, 2.24) is 0 Å². The smallest absolute Gasteiger partial charge is 0.488 e. The Bertz CT molecular complexity index is 1160. The fourth-order valence-electron chi connectivity index (χ4n) is 2.24. The van der Waals surface area contributed by atoms with Crippen LogP contribution in [-0.4, -0.2) is 17.9 Å². The van der Waals surface area contributed by atoms with Crippen LogP contribution in [0.5, 0.6) is 5.95 Å². The zero-order chi connectivity index (χ0) is 18.2. The topological polar surface area (TPSA) is 137 Å². The van der Waals surface area contributed by atoms with E-state index in [-0.39, 0.29) is 75.6 Å². The Kier molecular flexibility index (Phi) is 8.20. The number of nitrogens with zero attached hydrogens (tertiary/aromatic N) is 1. The Balaban J connectivity index is 0.00000182. The average molecular weight is 407 g/mol.